The van der Waals surface area contributed by atoms with Gasteiger partial charge < -0.3 is 9.64 Å². The van der Waals surface area contributed by atoms with Crippen LogP contribution in [0.5, 0.6) is 0 Å². The number of amides is 2. The van der Waals surface area contributed by atoms with E-state index < -0.39 is 17.2 Å². The topological polar surface area (TPSA) is 62.2 Å². The summed E-state index contributed by atoms with van der Waals surface area (Å²) in [5, 5.41) is 0. The van der Waals surface area contributed by atoms with Crippen molar-refractivity contribution in [3.05, 3.63) is 0 Å². The number of aliphatic imine (C=N–C) groups is 1. The van der Waals surface area contributed by atoms with Gasteiger partial charge in [0.05, 0.1) is 0 Å². The van der Waals surface area contributed by atoms with Crippen LogP contribution in [-0.2, 0) is 9.53 Å². The molecule has 20 heavy (non-hydrogen) atoms. The molecule has 6 heteroatoms. The summed E-state index contributed by atoms with van der Waals surface area (Å²) in [4.78, 5) is 31.6. The molecule has 0 aromatic carbocycles. The fraction of sp³-hybridized carbons (Fsp3) is 0.786. The van der Waals surface area contributed by atoms with E-state index in [-0.39, 0.29) is 5.91 Å². The van der Waals surface area contributed by atoms with Gasteiger partial charge in [-0.3, -0.25) is 9.69 Å². The van der Waals surface area contributed by atoms with Gasteiger partial charge in [-0.25, -0.2) is 4.79 Å². The lowest BCUT2D eigenvalue weighted by molar-refractivity contribution is -0.124. The molecular formula is C14H25N3O3. The predicted molar refractivity (Wildman–Crippen MR) is 77.8 cm³/mol. The second kappa shape index (κ2) is 5.42. The van der Waals surface area contributed by atoms with Gasteiger partial charge in [0.1, 0.15) is 17.0 Å². The van der Waals surface area contributed by atoms with Gasteiger partial charge in [0.25, 0.3) is 5.91 Å². The molecule has 0 bridgehead atoms. The van der Waals surface area contributed by atoms with Crippen LogP contribution in [-0.4, -0.2) is 59.9 Å². The maximum atomic E-state index is 12.3. The van der Waals surface area contributed by atoms with E-state index in [1.165, 1.54) is 4.90 Å². The number of likely N-dealkylation sites (N-methyl/N-ethyl adjacent to an activating group) is 1. The Morgan fingerprint density at radius 3 is 2.00 bits per heavy atom. The van der Waals surface area contributed by atoms with E-state index in [4.69, 9.17) is 4.74 Å². The lowest BCUT2D eigenvalue weighted by Gasteiger charge is -2.29. The minimum atomic E-state index is -0.820. The molecule has 1 aliphatic carbocycles. The van der Waals surface area contributed by atoms with E-state index in [9.17, 15) is 9.59 Å². The van der Waals surface area contributed by atoms with Crippen molar-refractivity contribution < 1.29 is 14.3 Å². The van der Waals surface area contributed by atoms with E-state index in [1.54, 1.807) is 39.6 Å². The highest BCUT2D eigenvalue weighted by Gasteiger charge is 2.56. The zero-order valence-electron chi connectivity index (χ0n) is 13.5. The van der Waals surface area contributed by atoms with E-state index in [2.05, 4.69) is 4.99 Å². The smallest absolute Gasteiger partial charge is 0.410 e. The molecule has 0 aliphatic heterocycles. The van der Waals surface area contributed by atoms with Crippen molar-refractivity contribution in [1.82, 2.24) is 9.80 Å². The molecule has 1 aliphatic rings. The molecule has 0 N–H and O–H groups in total. The lowest BCUT2D eigenvalue weighted by atomic mass is 10.2. The zero-order chi connectivity index (χ0) is 15.7. The van der Waals surface area contributed by atoms with E-state index in [0.29, 0.717) is 18.7 Å². The van der Waals surface area contributed by atoms with Gasteiger partial charge in [-0.15, -0.1) is 0 Å². The minimum absolute atomic E-state index is 0.281. The Morgan fingerprint density at radius 2 is 1.65 bits per heavy atom. The number of rotatable bonds is 2. The average molecular weight is 283 g/mol. The van der Waals surface area contributed by atoms with Crippen LogP contribution in [0.2, 0.25) is 0 Å². The van der Waals surface area contributed by atoms with Crippen molar-refractivity contribution >= 4 is 17.8 Å². The Bertz CT molecular complexity index is 431. The number of carbonyl (C=O) groups excluding carboxylic acids is 2. The monoisotopic (exact) mass is 283 g/mol. The van der Waals surface area contributed by atoms with Gasteiger partial charge in [-0.1, -0.05) is 0 Å². The first kappa shape index (κ1) is 16.5. The number of nitrogens with zero attached hydrogens (tertiary/aromatic N) is 3. The van der Waals surface area contributed by atoms with Crippen molar-refractivity contribution in [2.45, 2.75) is 51.7 Å². The van der Waals surface area contributed by atoms with Crippen LogP contribution >= 0.6 is 0 Å². The highest BCUT2D eigenvalue weighted by Crippen LogP contribution is 2.42. The fourth-order valence-corrected chi connectivity index (χ4v) is 1.67. The van der Waals surface area contributed by atoms with Crippen LogP contribution in [0.15, 0.2) is 4.99 Å². The van der Waals surface area contributed by atoms with Gasteiger partial charge in [0.15, 0.2) is 0 Å². The molecule has 0 aromatic rings. The number of carbonyl (C=O) groups is 2. The zero-order valence-corrected chi connectivity index (χ0v) is 13.5. The number of hydrogen-bond acceptors (Lipinski definition) is 3. The summed E-state index contributed by atoms with van der Waals surface area (Å²) in [5.41, 5.74) is -1.40. The van der Waals surface area contributed by atoms with Crippen molar-refractivity contribution in [2.75, 3.05) is 21.1 Å². The Balaban J connectivity index is 2.82. The Morgan fingerprint density at radius 1 is 1.15 bits per heavy atom. The number of ether oxygens (including phenoxy) is 1. The average Bonchev–Trinajstić information content (AvgIpc) is 3.06. The predicted octanol–water partition coefficient (Wildman–Crippen LogP) is 1.89. The first-order chi connectivity index (χ1) is 8.99. The molecule has 0 saturated heterocycles. The van der Waals surface area contributed by atoms with Gasteiger partial charge in [0.2, 0.25) is 0 Å². The maximum Gasteiger partial charge on any atom is 0.410 e. The van der Waals surface area contributed by atoms with E-state index in [1.807, 2.05) is 14.1 Å². The highest BCUT2D eigenvalue weighted by molar-refractivity contribution is 6.00. The lowest BCUT2D eigenvalue weighted by Crippen LogP contribution is -2.46. The summed E-state index contributed by atoms with van der Waals surface area (Å²) in [7, 11) is 5.24. The highest BCUT2D eigenvalue weighted by atomic mass is 16.6. The molecule has 0 spiro atoms. The quantitative estimate of drug-likeness (QED) is 0.573. The fourth-order valence-electron chi connectivity index (χ4n) is 1.67. The van der Waals surface area contributed by atoms with Crippen molar-refractivity contribution in [1.29, 1.82) is 0 Å². The molecule has 0 heterocycles. The summed E-state index contributed by atoms with van der Waals surface area (Å²) in [6, 6.07) is 0. The van der Waals surface area contributed by atoms with Crippen LogP contribution in [0.4, 0.5) is 4.79 Å². The molecule has 1 fully saturated rings. The molecule has 1 rings (SSSR count). The summed E-state index contributed by atoms with van der Waals surface area (Å²) < 4.78 is 5.30. The minimum Gasteiger partial charge on any atom is -0.444 e. The third kappa shape index (κ3) is 3.71. The molecule has 1 saturated carbocycles. The Hall–Kier alpha value is -1.59. The molecule has 0 aromatic heterocycles. The first-order valence-corrected chi connectivity index (χ1v) is 6.73. The van der Waals surface area contributed by atoms with Gasteiger partial charge >= 0.3 is 6.09 Å². The third-order valence-electron chi connectivity index (χ3n) is 3.34. The van der Waals surface area contributed by atoms with E-state index >= 15 is 0 Å². The van der Waals surface area contributed by atoms with Crippen LogP contribution in [0.1, 0.15) is 40.5 Å². The largest absolute Gasteiger partial charge is 0.444 e. The van der Waals surface area contributed by atoms with Crippen molar-refractivity contribution in [3.63, 3.8) is 0 Å². The van der Waals surface area contributed by atoms with E-state index in [0.717, 1.165) is 0 Å². The SMILES string of the molecule is CC(=NC(=O)C1(N(C)C(=O)OC(C)(C)C)CC1)N(C)C. The normalized spacial score (nSPS) is 17.4. The number of amidine groups is 1. The molecule has 0 atom stereocenters. The van der Waals surface area contributed by atoms with Gasteiger partial charge in [-0.05, 0) is 40.5 Å². The second-order valence-electron chi connectivity index (χ2n) is 6.43. The van der Waals surface area contributed by atoms with Crippen molar-refractivity contribution in [3.8, 4) is 0 Å². The molecule has 0 unspecified atom stereocenters. The maximum absolute atomic E-state index is 12.3. The van der Waals surface area contributed by atoms with Crippen LogP contribution in [0, 0.1) is 0 Å². The van der Waals surface area contributed by atoms with Gasteiger partial charge in [-0.2, -0.15) is 4.99 Å². The second-order valence-corrected chi connectivity index (χ2v) is 6.43. The van der Waals surface area contributed by atoms with Crippen molar-refractivity contribution in [2.24, 2.45) is 4.99 Å². The van der Waals surface area contributed by atoms with Crippen LogP contribution < -0.4 is 0 Å². The summed E-state index contributed by atoms with van der Waals surface area (Å²) in [6.07, 6.45) is 0.776. The molecule has 114 valence electrons. The Labute approximate surface area is 120 Å². The van der Waals surface area contributed by atoms with Crippen LogP contribution in [0.25, 0.3) is 0 Å². The summed E-state index contributed by atoms with van der Waals surface area (Å²) >= 11 is 0. The summed E-state index contributed by atoms with van der Waals surface area (Å²) in [6.45, 7) is 7.17. The summed E-state index contributed by atoms with van der Waals surface area (Å²) in [5.74, 6) is 0.343. The third-order valence-corrected chi connectivity index (χ3v) is 3.34. The van der Waals surface area contributed by atoms with Gasteiger partial charge in [0, 0.05) is 21.1 Å². The molecular weight excluding hydrogens is 258 g/mol. The number of hydrogen-bond donors (Lipinski definition) is 0. The Kier molecular flexibility index (Phi) is 4.46. The molecule has 6 nitrogen and oxygen atoms in total. The van der Waals surface area contributed by atoms with Crippen LogP contribution in [0.3, 0.4) is 0 Å². The first-order valence-electron chi connectivity index (χ1n) is 6.73. The molecule has 2 amide bonds. The molecule has 0 radical (unpaired) electrons. The standard InChI is InChI=1S/C14H25N3O3/c1-10(16(5)6)15-11(18)14(8-9-14)17(7)12(19)20-13(2,3)4/h8-9H2,1-7H3.